The minimum Gasteiger partial charge on any atom is -0.467 e. The van der Waals surface area contributed by atoms with Crippen molar-refractivity contribution in [2.75, 3.05) is 38.3 Å². The molecule has 1 atom stereocenters. The van der Waals surface area contributed by atoms with Crippen LogP contribution >= 0.6 is 23.2 Å². The number of anilines is 1. The molecule has 0 spiro atoms. The first kappa shape index (κ1) is 17.8. The van der Waals surface area contributed by atoms with Gasteiger partial charge in [-0.15, -0.1) is 0 Å². The van der Waals surface area contributed by atoms with Gasteiger partial charge in [0.15, 0.2) is 0 Å². The number of ether oxygens (including phenoxy) is 2. The molecule has 1 aromatic carbocycles. The molecule has 0 radical (unpaired) electrons. The highest BCUT2D eigenvalue weighted by Gasteiger charge is 2.22. The number of carbonyl (C=O) groups excluding carboxylic acids is 2. The van der Waals surface area contributed by atoms with Crippen molar-refractivity contribution >= 4 is 40.8 Å². The molecule has 1 aliphatic heterocycles. The van der Waals surface area contributed by atoms with E-state index in [9.17, 15) is 9.59 Å². The van der Waals surface area contributed by atoms with Crippen molar-refractivity contribution in [2.24, 2.45) is 0 Å². The van der Waals surface area contributed by atoms with Crippen LogP contribution in [0, 0.1) is 0 Å². The Balaban J connectivity index is 2.19. The van der Waals surface area contributed by atoms with Crippen molar-refractivity contribution < 1.29 is 19.1 Å². The van der Waals surface area contributed by atoms with E-state index in [2.05, 4.69) is 15.0 Å². The van der Waals surface area contributed by atoms with Crippen molar-refractivity contribution in [1.29, 1.82) is 0 Å². The van der Waals surface area contributed by atoms with E-state index in [1.165, 1.54) is 14.0 Å². The molecule has 23 heavy (non-hydrogen) atoms. The molecule has 1 saturated heterocycles. The third-order valence-corrected chi connectivity index (χ3v) is 4.13. The van der Waals surface area contributed by atoms with Crippen LogP contribution < -0.4 is 10.2 Å². The Morgan fingerprint density at radius 2 is 1.83 bits per heavy atom. The number of methoxy groups -OCH3 is 1. The van der Waals surface area contributed by atoms with E-state index in [0.717, 1.165) is 18.8 Å². The van der Waals surface area contributed by atoms with Gasteiger partial charge in [0.2, 0.25) is 0 Å². The Morgan fingerprint density at radius 3 is 2.35 bits per heavy atom. The standard InChI is InChI=1S/C15H18Cl2N2O4/c1-9(15(21)22-2)18-14(20)13-11(16)7-10(8-12(13)17)19-3-5-23-6-4-19/h7-9H,3-6H2,1-2H3,(H,18,20). The normalized spacial score (nSPS) is 15.9. The minimum absolute atomic E-state index is 0.140. The van der Waals surface area contributed by atoms with E-state index < -0.39 is 17.9 Å². The third kappa shape index (κ3) is 4.28. The van der Waals surface area contributed by atoms with Gasteiger partial charge in [-0.2, -0.15) is 0 Å². The number of rotatable bonds is 4. The molecule has 8 heteroatoms. The molecule has 1 fully saturated rings. The van der Waals surface area contributed by atoms with Crippen molar-refractivity contribution in [3.05, 3.63) is 27.7 Å². The van der Waals surface area contributed by atoms with Gasteiger partial charge in [0, 0.05) is 18.8 Å². The fourth-order valence-corrected chi connectivity index (χ4v) is 2.93. The minimum atomic E-state index is -0.793. The van der Waals surface area contributed by atoms with Gasteiger partial charge in [-0.3, -0.25) is 4.79 Å². The predicted octanol–water partition coefficient (Wildman–Crippen LogP) is 2.12. The Bertz CT molecular complexity index is 580. The second kappa shape index (κ2) is 7.86. The van der Waals surface area contributed by atoms with Gasteiger partial charge >= 0.3 is 5.97 Å². The van der Waals surface area contributed by atoms with Crippen LogP contribution in [0.2, 0.25) is 10.0 Å². The van der Waals surface area contributed by atoms with E-state index in [1.807, 2.05) is 0 Å². The van der Waals surface area contributed by atoms with Crippen LogP contribution in [0.1, 0.15) is 17.3 Å². The molecule has 1 heterocycles. The third-order valence-electron chi connectivity index (χ3n) is 3.53. The largest absolute Gasteiger partial charge is 0.467 e. The lowest BCUT2D eigenvalue weighted by atomic mass is 10.1. The zero-order chi connectivity index (χ0) is 17.0. The molecule has 0 aromatic heterocycles. The number of benzene rings is 1. The van der Waals surface area contributed by atoms with Crippen LogP contribution in [0.3, 0.4) is 0 Å². The molecular formula is C15H18Cl2N2O4. The maximum Gasteiger partial charge on any atom is 0.328 e. The molecule has 0 bridgehead atoms. The highest BCUT2D eigenvalue weighted by molar-refractivity contribution is 6.40. The number of esters is 1. The number of morpholine rings is 1. The van der Waals surface area contributed by atoms with Crippen molar-refractivity contribution in [3.8, 4) is 0 Å². The molecule has 126 valence electrons. The maximum atomic E-state index is 12.3. The number of hydrogen-bond acceptors (Lipinski definition) is 5. The number of nitrogens with one attached hydrogen (secondary N) is 1. The quantitative estimate of drug-likeness (QED) is 0.833. The van der Waals surface area contributed by atoms with Crippen LogP contribution in [0.5, 0.6) is 0 Å². The van der Waals surface area contributed by atoms with Crippen LogP contribution in [-0.4, -0.2) is 51.3 Å². The maximum absolute atomic E-state index is 12.3. The van der Waals surface area contributed by atoms with Gasteiger partial charge in [-0.1, -0.05) is 23.2 Å². The average molecular weight is 361 g/mol. The number of hydrogen-bond donors (Lipinski definition) is 1. The Hall–Kier alpha value is -1.50. The van der Waals surface area contributed by atoms with Gasteiger partial charge in [0.1, 0.15) is 6.04 Å². The summed E-state index contributed by atoms with van der Waals surface area (Å²) in [6, 6.07) is 2.59. The molecule has 2 rings (SSSR count). The molecule has 1 N–H and O–H groups in total. The van der Waals surface area contributed by atoms with Crippen LogP contribution in [0.25, 0.3) is 0 Å². The van der Waals surface area contributed by atoms with Gasteiger partial charge in [0.05, 0.1) is 35.9 Å². The lowest BCUT2D eigenvalue weighted by Gasteiger charge is -2.29. The molecule has 0 aliphatic carbocycles. The smallest absolute Gasteiger partial charge is 0.328 e. The lowest BCUT2D eigenvalue weighted by molar-refractivity contribution is -0.142. The second-order valence-corrected chi connectivity index (χ2v) is 5.92. The van der Waals surface area contributed by atoms with Gasteiger partial charge in [-0.25, -0.2) is 4.79 Å². The number of amides is 1. The van der Waals surface area contributed by atoms with Crippen molar-refractivity contribution in [3.63, 3.8) is 0 Å². The molecular weight excluding hydrogens is 343 g/mol. The molecule has 1 unspecified atom stereocenters. The summed E-state index contributed by atoms with van der Waals surface area (Å²) in [7, 11) is 1.25. The van der Waals surface area contributed by atoms with Crippen molar-refractivity contribution in [2.45, 2.75) is 13.0 Å². The lowest BCUT2D eigenvalue weighted by Crippen LogP contribution is -2.39. The SMILES string of the molecule is COC(=O)C(C)NC(=O)c1c(Cl)cc(N2CCOCC2)cc1Cl. The number of carbonyl (C=O) groups is 2. The van der Waals surface area contributed by atoms with E-state index in [0.29, 0.717) is 13.2 Å². The molecule has 1 aromatic rings. The first-order chi connectivity index (χ1) is 10.9. The summed E-state index contributed by atoms with van der Waals surface area (Å²) in [6.45, 7) is 4.25. The summed E-state index contributed by atoms with van der Waals surface area (Å²) < 4.78 is 9.87. The highest BCUT2D eigenvalue weighted by Crippen LogP contribution is 2.31. The van der Waals surface area contributed by atoms with E-state index in [1.54, 1.807) is 12.1 Å². The predicted molar refractivity (Wildman–Crippen MR) is 88.4 cm³/mol. The van der Waals surface area contributed by atoms with E-state index in [-0.39, 0.29) is 15.6 Å². The average Bonchev–Trinajstić information content (AvgIpc) is 2.54. The zero-order valence-corrected chi connectivity index (χ0v) is 14.4. The summed E-state index contributed by atoms with van der Waals surface area (Å²) in [5.41, 5.74) is 0.974. The van der Waals surface area contributed by atoms with E-state index in [4.69, 9.17) is 27.9 Å². The number of halogens is 2. The topological polar surface area (TPSA) is 67.9 Å². The van der Waals surface area contributed by atoms with Crippen LogP contribution in [0.15, 0.2) is 12.1 Å². The second-order valence-electron chi connectivity index (χ2n) is 5.10. The van der Waals surface area contributed by atoms with Gasteiger partial charge in [0.25, 0.3) is 5.91 Å². The summed E-state index contributed by atoms with van der Waals surface area (Å²) in [5, 5.41) is 2.97. The Labute approximate surface area is 144 Å². The molecule has 1 amide bonds. The fraction of sp³-hybridized carbons (Fsp3) is 0.467. The van der Waals surface area contributed by atoms with Crippen molar-refractivity contribution in [1.82, 2.24) is 5.32 Å². The summed E-state index contributed by atoms with van der Waals surface area (Å²) in [6.07, 6.45) is 0. The highest BCUT2D eigenvalue weighted by atomic mass is 35.5. The molecule has 0 saturated carbocycles. The fourth-order valence-electron chi connectivity index (χ4n) is 2.29. The van der Waals surface area contributed by atoms with E-state index >= 15 is 0 Å². The van der Waals surface area contributed by atoms with Crippen LogP contribution in [0.4, 0.5) is 5.69 Å². The van der Waals surface area contributed by atoms with Gasteiger partial charge < -0.3 is 19.7 Å². The Kier molecular flexibility index (Phi) is 6.10. The molecule has 1 aliphatic rings. The Morgan fingerprint density at radius 1 is 1.26 bits per heavy atom. The monoisotopic (exact) mass is 360 g/mol. The number of nitrogens with zero attached hydrogens (tertiary/aromatic N) is 1. The summed E-state index contributed by atoms with van der Waals surface area (Å²) in [5.74, 6) is -1.07. The summed E-state index contributed by atoms with van der Waals surface area (Å²) >= 11 is 12.5. The molecule has 6 nitrogen and oxygen atoms in total. The van der Waals surface area contributed by atoms with Gasteiger partial charge in [-0.05, 0) is 19.1 Å². The first-order valence-electron chi connectivity index (χ1n) is 7.14. The zero-order valence-electron chi connectivity index (χ0n) is 12.9. The van der Waals surface area contributed by atoms with Crippen LogP contribution in [-0.2, 0) is 14.3 Å². The first-order valence-corrected chi connectivity index (χ1v) is 7.90. The summed E-state index contributed by atoms with van der Waals surface area (Å²) in [4.78, 5) is 25.8.